The van der Waals surface area contributed by atoms with Crippen LogP contribution in [0.2, 0.25) is 10.0 Å². The van der Waals surface area contributed by atoms with Crippen LogP contribution in [0, 0.1) is 0 Å². The molecular weight excluding hydrogens is 321 g/mol. The summed E-state index contributed by atoms with van der Waals surface area (Å²) in [5, 5.41) is 3.76. The molecule has 0 bridgehead atoms. The molecule has 0 saturated carbocycles. The zero-order valence-electron chi connectivity index (χ0n) is 10.9. The number of halogens is 2. The minimum atomic E-state index is -3.05. The van der Waals surface area contributed by atoms with E-state index in [-0.39, 0.29) is 23.8 Å². The van der Waals surface area contributed by atoms with Crippen molar-refractivity contribution in [2.45, 2.75) is 25.3 Å². The van der Waals surface area contributed by atoms with Gasteiger partial charge >= 0.3 is 0 Å². The molecule has 0 aliphatic carbocycles. The van der Waals surface area contributed by atoms with Gasteiger partial charge in [0.15, 0.2) is 9.84 Å². The van der Waals surface area contributed by atoms with E-state index in [1.54, 1.807) is 25.1 Å². The number of carbonyl (C=O) groups excluding carboxylic acids is 1. The van der Waals surface area contributed by atoms with Gasteiger partial charge in [0.2, 0.25) is 5.91 Å². The van der Waals surface area contributed by atoms with E-state index >= 15 is 0 Å². The van der Waals surface area contributed by atoms with E-state index in [4.69, 9.17) is 23.2 Å². The molecule has 0 radical (unpaired) electrons. The van der Waals surface area contributed by atoms with Gasteiger partial charge in [0.1, 0.15) is 0 Å². The molecule has 20 heavy (non-hydrogen) atoms. The molecule has 1 aliphatic rings. The maximum absolute atomic E-state index is 12.0. The summed E-state index contributed by atoms with van der Waals surface area (Å²) in [7, 11) is -3.05. The smallest absolute Gasteiger partial charge is 0.224 e. The van der Waals surface area contributed by atoms with Gasteiger partial charge in [-0.1, -0.05) is 23.2 Å². The fraction of sp³-hybridized carbons (Fsp3) is 0.462. The summed E-state index contributed by atoms with van der Waals surface area (Å²) in [5.41, 5.74) is -0.0674. The largest absolute Gasteiger partial charge is 0.350 e. The van der Waals surface area contributed by atoms with Crippen LogP contribution in [0.1, 0.15) is 18.9 Å². The second kappa shape index (κ2) is 5.54. The fourth-order valence-electron chi connectivity index (χ4n) is 2.34. The van der Waals surface area contributed by atoms with Gasteiger partial charge in [0.25, 0.3) is 0 Å². The molecule has 1 aromatic rings. The summed E-state index contributed by atoms with van der Waals surface area (Å²) >= 11 is 11.9. The van der Waals surface area contributed by atoms with Crippen molar-refractivity contribution in [1.29, 1.82) is 0 Å². The number of hydrogen-bond acceptors (Lipinski definition) is 3. The summed E-state index contributed by atoms with van der Waals surface area (Å²) in [4.78, 5) is 12.0. The molecule has 1 saturated heterocycles. The van der Waals surface area contributed by atoms with Gasteiger partial charge in [-0.2, -0.15) is 0 Å². The maximum Gasteiger partial charge on any atom is 0.224 e. The van der Waals surface area contributed by atoms with Gasteiger partial charge in [-0.15, -0.1) is 0 Å². The maximum atomic E-state index is 12.0. The predicted molar refractivity (Wildman–Crippen MR) is 80.0 cm³/mol. The quantitative estimate of drug-likeness (QED) is 0.921. The molecule has 1 amide bonds. The molecule has 0 aromatic heterocycles. The van der Waals surface area contributed by atoms with Crippen molar-refractivity contribution in [3.05, 3.63) is 33.8 Å². The summed E-state index contributed by atoms with van der Waals surface area (Å²) in [6.07, 6.45) is 0.513. The van der Waals surface area contributed by atoms with E-state index < -0.39 is 15.4 Å². The lowest BCUT2D eigenvalue weighted by Gasteiger charge is -2.24. The molecule has 0 spiro atoms. The second-order valence-corrected chi connectivity index (χ2v) is 8.39. The lowest BCUT2D eigenvalue weighted by Crippen LogP contribution is -2.47. The molecule has 1 N–H and O–H groups in total. The second-order valence-electron chi connectivity index (χ2n) is 5.36. The highest BCUT2D eigenvalue weighted by molar-refractivity contribution is 7.91. The molecule has 1 fully saturated rings. The Bertz CT molecular complexity index is 645. The number of hydrogen-bond donors (Lipinski definition) is 1. The van der Waals surface area contributed by atoms with Crippen LogP contribution in [0.4, 0.5) is 0 Å². The summed E-state index contributed by atoms with van der Waals surface area (Å²) in [5.74, 6) is -0.162. The topological polar surface area (TPSA) is 63.2 Å². The molecule has 1 atom stereocenters. The van der Waals surface area contributed by atoms with Crippen LogP contribution >= 0.6 is 23.2 Å². The standard InChI is InChI=1S/C13H15Cl2NO3S/c1-13(4-5-20(18,19)8-13)16-12(17)7-9-6-10(14)2-3-11(9)15/h2-3,6H,4-5,7-8H2,1H3,(H,16,17)/t13-/m0/s1. The summed E-state index contributed by atoms with van der Waals surface area (Å²) < 4.78 is 23.0. The Labute approximate surface area is 128 Å². The first-order valence-corrected chi connectivity index (χ1v) is 8.72. The lowest BCUT2D eigenvalue weighted by atomic mass is 10.0. The van der Waals surface area contributed by atoms with Crippen molar-refractivity contribution in [3.63, 3.8) is 0 Å². The number of amides is 1. The summed E-state index contributed by atoms with van der Waals surface area (Å²) in [6.45, 7) is 1.75. The number of nitrogens with one attached hydrogen (secondary N) is 1. The number of carbonyl (C=O) groups is 1. The van der Waals surface area contributed by atoms with Gasteiger partial charge in [0, 0.05) is 10.0 Å². The van der Waals surface area contributed by atoms with Crippen LogP contribution in [-0.2, 0) is 21.1 Å². The Morgan fingerprint density at radius 1 is 1.40 bits per heavy atom. The molecular formula is C13H15Cl2NO3S. The van der Waals surface area contributed by atoms with E-state index in [0.717, 1.165) is 0 Å². The van der Waals surface area contributed by atoms with Crippen LogP contribution in [0.25, 0.3) is 0 Å². The van der Waals surface area contributed by atoms with Gasteiger partial charge < -0.3 is 5.32 Å². The Kier molecular flexibility index (Phi) is 4.33. The minimum Gasteiger partial charge on any atom is -0.350 e. The van der Waals surface area contributed by atoms with Crippen molar-refractivity contribution < 1.29 is 13.2 Å². The van der Waals surface area contributed by atoms with E-state index in [1.165, 1.54) is 0 Å². The highest BCUT2D eigenvalue weighted by Gasteiger charge is 2.39. The van der Waals surface area contributed by atoms with Gasteiger partial charge in [-0.05, 0) is 37.1 Å². The molecule has 4 nitrogen and oxygen atoms in total. The monoisotopic (exact) mass is 335 g/mol. The lowest BCUT2D eigenvalue weighted by molar-refractivity contribution is -0.121. The number of rotatable bonds is 3. The average molecular weight is 336 g/mol. The molecule has 0 unspecified atom stereocenters. The molecule has 110 valence electrons. The van der Waals surface area contributed by atoms with Crippen LogP contribution in [0.15, 0.2) is 18.2 Å². The van der Waals surface area contributed by atoms with E-state index in [0.29, 0.717) is 22.0 Å². The van der Waals surface area contributed by atoms with E-state index in [1.807, 2.05) is 0 Å². The third kappa shape index (κ3) is 3.87. The fourth-order valence-corrected chi connectivity index (χ4v) is 4.81. The van der Waals surface area contributed by atoms with Crippen molar-refractivity contribution in [2.75, 3.05) is 11.5 Å². The summed E-state index contributed by atoms with van der Waals surface area (Å²) in [6, 6.07) is 4.92. The normalized spacial score (nSPS) is 24.6. The Balaban J connectivity index is 2.05. The Morgan fingerprint density at radius 2 is 2.10 bits per heavy atom. The first-order chi connectivity index (χ1) is 9.19. The van der Waals surface area contributed by atoms with Crippen molar-refractivity contribution >= 4 is 38.9 Å². The molecule has 1 heterocycles. The molecule has 1 aromatic carbocycles. The Morgan fingerprint density at radius 3 is 2.70 bits per heavy atom. The first-order valence-electron chi connectivity index (χ1n) is 6.15. The SMILES string of the molecule is C[C@]1(NC(=O)Cc2cc(Cl)ccc2Cl)CCS(=O)(=O)C1. The molecule has 1 aliphatic heterocycles. The number of sulfone groups is 1. The Hall–Kier alpha value is -0.780. The molecule has 2 rings (SSSR count). The minimum absolute atomic E-state index is 0.0188. The molecule has 7 heteroatoms. The van der Waals surface area contributed by atoms with Crippen molar-refractivity contribution in [3.8, 4) is 0 Å². The van der Waals surface area contributed by atoms with Crippen molar-refractivity contribution in [1.82, 2.24) is 5.32 Å². The predicted octanol–water partition coefficient (Wildman–Crippen LogP) is 2.23. The van der Waals surface area contributed by atoms with Gasteiger partial charge in [-0.3, -0.25) is 4.79 Å². The van der Waals surface area contributed by atoms with Crippen LogP contribution < -0.4 is 5.32 Å². The third-order valence-corrected chi connectivity index (χ3v) is 5.81. The highest BCUT2D eigenvalue weighted by atomic mass is 35.5. The number of benzene rings is 1. The van der Waals surface area contributed by atoms with E-state index in [2.05, 4.69) is 5.32 Å². The highest BCUT2D eigenvalue weighted by Crippen LogP contribution is 2.24. The van der Waals surface area contributed by atoms with Gasteiger partial charge in [0.05, 0.1) is 23.5 Å². The zero-order valence-corrected chi connectivity index (χ0v) is 13.3. The van der Waals surface area contributed by atoms with Crippen molar-refractivity contribution in [2.24, 2.45) is 0 Å². The third-order valence-electron chi connectivity index (χ3n) is 3.30. The zero-order chi connectivity index (χ0) is 15.0. The van der Waals surface area contributed by atoms with E-state index in [9.17, 15) is 13.2 Å². The van der Waals surface area contributed by atoms with Gasteiger partial charge in [-0.25, -0.2) is 8.42 Å². The first kappa shape index (κ1) is 15.6. The average Bonchev–Trinajstić information content (AvgIpc) is 2.57. The van der Waals surface area contributed by atoms with Crippen LogP contribution in [0.3, 0.4) is 0 Å². The van der Waals surface area contributed by atoms with Crippen LogP contribution in [-0.4, -0.2) is 31.4 Å². The van der Waals surface area contributed by atoms with Crippen LogP contribution in [0.5, 0.6) is 0 Å².